The van der Waals surface area contributed by atoms with E-state index in [0.29, 0.717) is 5.69 Å². The molecule has 0 aliphatic carbocycles. The summed E-state index contributed by atoms with van der Waals surface area (Å²) < 4.78 is 1.60. The molecule has 0 spiro atoms. The zero-order chi connectivity index (χ0) is 18.1. The topological polar surface area (TPSA) is 75.9 Å². The fraction of sp³-hybridized carbons (Fsp3) is 0.444. The first-order chi connectivity index (χ1) is 12.7. The molecule has 4 rings (SSSR count). The molecule has 3 aromatic rings. The number of fused-ring (bicyclic) bond motifs is 1. The second-order valence-electron chi connectivity index (χ2n) is 6.56. The fourth-order valence-corrected chi connectivity index (χ4v) is 4.34. The van der Waals surface area contributed by atoms with E-state index in [1.54, 1.807) is 41.7 Å². The predicted octanol–water partition coefficient (Wildman–Crippen LogP) is 2.39. The Labute approximate surface area is 156 Å². The van der Waals surface area contributed by atoms with Crippen LogP contribution in [0.5, 0.6) is 0 Å². The summed E-state index contributed by atoms with van der Waals surface area (Å²) in [6.45, 7) is 3.91. The number of aromatic nitrogens is 4. The zero-order valence-electron chi connectivity index (χ0n) is 15.0. The van der Waals surface area contributed by atoms with Gasteiger partial charge < -0.3 is 10.2 Å². The molecule has 4 heterocycles. The van der Waals surface area contributed by atoms with Crippen LogP contribution in [0.4, 0.5) is 5.82 Å². The largest absolute Gasteiger partial charge is 0.356 e. The molecule has 0 aromatic carbocycles. The first kappa shape index (κ1) is 17.0. The molecule has 0 saturated carbocycles. The molecule has 3 aromatic heterocycles. The van der Waals surface area contributed by atoms with Gasteiger partial charge >= 0.3 is 0 Å². The van der Waals surface area contributed by atoms with Crippen molar-refractivity contribution in [1.29, 1.82) is 0 Å². The van der Waals surface area contributed by atoms with Crippen LogP contribution in [0.15, 0.2) is 24.7 Å². The smallest absolute Gasteiger partial charge is 0.269 e. The summed E-state index contributed by atoms with van der Waals surface area (Å²) in [6, 6.07) is 4.13. The predicted molar refractivity (Wildman–Crippen MR) is 103 cm³/mol. The third-order valence-electron chi connectivity index (χ3n) is 4.89. The second kappa shape index (κ2) is 7.03. The highest BCUT2D eigenvalue weighted by Gasteiger charge is 2.24. The minimum atomic E-state index is -0.0571. The van der Waals surface area contributed by atoms with Crippen molar-refractivity contribution in [3.05, 3.63) is 35.2 Å². The standard InChI is InChI=1S/C18H22N6OS/c1-3-13-10-14-16(19-11-20-18(14)26-13)24-8-5-12(6-9-24)22-17(25)15-4-7-21-23(15)2/h4,7,10-12H,3,5-6,8-9H2,1-2H3,(H,22,25). The molecule has 1 aliphatic heterocycles. The Morgan fingerprint density at radius 1 is 1.35 bits per heavy atom. The highest BCUT2D eigenvalue weighted by molar-refractivity contribution is 7.18. The number of aryl methyl sites for hydroxylation is 2. The van der Waals surface area contributed by atoms with Gasteiger partial charge in [-0.1, -0.05) is 6.92 Å². The molecule has 1 N–H and O–H groups in total. The van der Waals surface area contributed by atoms with Crippen molar-refractivity contribution in [2.24, 2.45) is 7.05 Å². The lowest BCUT2D eigenvalue weighted by Crippen LogP contribution is -2.45. The number of amides is 1. The van der Waals surface area contributed by atoms with Gasteiger partial charge in [-0.25, -0.2) is 9.97 Å². The van der Waals surface area contributed by atoms with E-state index in [9.17, 15) is 4.79 Å². The zero-order valence-corrected chi connectivity index (χ0v) is 15.8. The molecular weight excluding hydrogens is 348 g/mol. The molecule has 1 aliphatic rings. The lowest BCUT2D eigenvalue weighted by Gasteiger charge is -2.33. The Balaban J connectivity index is 1.43. The Kier molecular flexibility index (Phi) is 4.58. The van der Waals surface area contributed by atoms with E-state index >= 15 is 0 Å². The van der Waals surface area contributed by atoms with E-state index in [1.165, 1.54) is 4.88 Å². The first-order valence-electron chi connectivity index (χ1n) is 8.93. The molecule has 0 atom stereocenters. The molecule has 26 heavy (non-hydrogen) atoms. The van der Waals surface area contributed by atoms with Gasteiger partial charge in [0.1, 0.15) is 22.7 Å². The van der Waals surface area contributed by atoms with Gasteiger partial charge in [0.2, 0.25) is 0 Å². The molecule has 7 nitrogen and oxygen atoms in total. The SMILES string of the molecule is CCc1cc2c(N3CCC(NC(=O)c4ccnn4C)CC3)ncnc2s1. The lowest BCUT2D eigenvalue weighted by molar-refractivity contribution is 0.0921. The number of rotatable bonds is 4. The lowest BCUT2D eigenvalue weighted by atomic mass is 10.0. The average Bonchev–Trinajstić information content (AvgIpc) is 3.27. The quantitative estimate of drug-likeness (QED) is 0.763. The van der Waals surface area contributed by atoms with Gasteiger partial charge in [0, 0.05) is 37.3 Å². The second-order valence-corrected chi connectivity index (χ2v) is 7.67. The fourth-order valence-electron chi connectivity index (χ4n) is 3.41. The molecule has 1 saturated heterocycles. The maximum absolute atomic E-state index is 12.4. The number of hydrogen-bond acceptors (Lipinski definition) is 6. The summed E-state index contributed by atoms with van der Waals surface area (Å²) in [5.74, 6) is 0.959. The van der Waals surface area contributed by atoms with E-state index in [4.69, 9.17) is 0 Å². The van der Waals surface area contributed by atoms with Gasteiger partial charge in [-0.2, -0.15) is 5.10 Å². The van der Waals surface area contributed by atoms with E-state index < -0.39 is 0 Å². The molecule has 0 bridgehead atoms. The van der Waals surface area contributed by atoms with Crippen LogP contribution in [0, 0.1) is 0 Å². The Morgan fingerprint density at radius 3 is 2.85 bits per heavy atom. The summed E-state index contributed by atoms with van der Waals surface area (Å²) in [6.07, 6.45) is 6.12. The van der Waals surface area contributed by atoms with Gasteiger partial charge in [-0.15, -0.1) is 11.3 Å². The Morgan fingerprint density at radius 2 is 2.15 bits per heavy atom. The van der Waals surface area contributed by atoms with Gasteiger partial charge in [-0.05, 0) is 31.4 Å². The summed E-state index contributed by atoms with van der Waals surface area (Å²) in [5, 5.41) is 8.33. The van der Waals surface area contributed by atoms with Crippen molar-refractivity contribution in [2.45, 2.75) is 32.2 Å². The van der Waals surface area contributed by atoms with Crippen molar-refractivity contribution >= 4 is 33.3 Å². The van der Waals surface area contributed by atoms with Crippen LogP contribution in [-0.2, 0) is 13.5 Å². The van der Waals surface area contributed by atoms with Crippen molar-refractivity contribution in [1.82, 2.24) is 25.1 Å². The van der Waals surface area contributed by atoms with Crippen LogP contribution in [0.3, 0.4) is 0 Å². The molecule has 0 radical (unpaired) electrons. The van der Waals surface area contributed by atoms with Crippen LogP contribution in [-0.4, -0.2) is 44.8 Å². The number of piperidine rings is 1. The van der Waals surface area contributed by atoms with E-state index in [0.717, 1.165) is 48.4 Å². The number of nitrogens with one attached hydrogen (secondary N) is 1. The minimum Gasteiger partial charge on any atom is -0.356 e. The van der Waals surface area contributed by atoms with Crippen LogP contribution in [0.25, 0.3) is 10.2 Å². The molecule has 0 unspecified atom stereocenters. The Hall–Kier alpha value is -2.48. The van der Waals surface area contributed by atoms with Gasteiger partial charge in [-0.3, -0.25) is 9.48 Å². The maximum Gasteiger partial charge on any atom is 0.269 e. The summed E-state index contributed by atoms with van der Waals surface area (Å²) in [5.41, 5.74) is 0.593. The number of hydrogen-bond donors (Lipinski definition) is 1. The van der Waals surface area contributed by atoms with E-state index in [1.807, 2.05) is 0 Å². The molecule has 1 amide bonds. The van der Waals surface area contributed by atoms with Gasteiger partial charge in [0.25, 0.3) is 5.91 Å². The minimum absolute atomic E-state index is 0.0571. The summed E-state index contributed by atoms with van der Waals surface area (Å²) in [4.78, 5) is 26.0. The van der Waals surface area contributed by atoms with Gasteiger partial charge in [0.15, 0.2) is 0 Å². The first-order valence-corrected chi connectivity index (χ1v) is 9.74. The van der Waals surface area contributed by atoms with Crippen molar-refractivity contribution in [3.63, 3.8) is 0 Å². The third-order valence-corrected chi connectivity index (χ3v) is 6.08. The van der Waals surface area contributed by atoms with E-state index in [-0.39, 0.29) is 11.9 Å². The molecular formula is C18H22N6OS. The van der Waals surface area contributed by atoms with Crippen molar-refractivity contribution in [2.75, 3.05) is 18.0 Å². The van der Waals surface area contributed by atoms with Crippen LogP contribution >= 0.6 is 11.3 Å². The number of carbonyl (C=O) groups is 1. The number of anilines is 1. The van der Waals surface area contributed by atoms with Crippen molar-refractivity contribution < 1.29 is 4.79 Å². The Bertz CT molecular complexity index is 925. The van der Waals surface area contributed by atoms with Crippen LogP contribution in [0.1, 0.15) is 35.1 Å². The van der Waals surface area contributed by atoms with Gasteiger partial charge in [0.05, 0.1) is 5.39 Å². The molecule has 136 valence electrons. The monoisotopic (exact) mass is 370 g/mol. The van der Waals surface area contributed by atoms with Crippen molar-refractivity contribution in [3.8, 4) is 0 Å². The number of carbonyl (C=O) groups excluding carboxylic acids is 1. The number of thiophene rings is 1. The molecule has 8 heteroatoms. The van der Waals surface area contributed by atoms with E-state index in [2.05, 4.69) is 38.3 Å². The third kappa shape index (κ3) is 3.16. The van der Waals surface area contributed by atoms with Crippen LogP contribution in [0.2, 0.25) is 0 Å². The number of nitrogens with zero attached hydrogens (tertiary/aromatic N) is 5. The van der Waals surface area contributed by atoms with Crippen LogP contribution < -0.4 is 10.2 Å². The summed E-state index contributed by atoms with van der Waals surface area (Å²) in [7, 11) is 1.78. The highest BCUT2D eigenvalue weighted by Crippen LogP contribution is 2.31. The normalized spacial score (nSPS) is 15.5. The average molecular weight is 370 g/mol. The highest BCUT2D eigenvalue weighted by atomic mass is 32.1. The maximum atomic E-state index is 12.4. The summed E-state index contributed by atoms with van der Waals surface area (Å²) >= 11 is 1.74. The molecule has 1 fully saturated rings.